The number of nitrogen functional groups attached to an aromatic ring is 1. The lowest BCUT2D eigenvalue weighted by Gasteiger charge is -2.04. The van der Waals surface area contributed by atoms with Crippen LogP contribution in [-0.4, -0.2) is 9.36 Å². The second kappa shape index (κ2) is 5.20. The van der Waals surface area contributed by atoms with Gasteiger partial charge in [0, 0.05) is 17.0 Å². The van der Waals surface area contributed by atoms with Crippen LogP contribution in [0.15, 0.2) is 21.4 Å². The van der Waals surface area contributed by atoms with Crippen molar-refractivity contribution in [2.75, 3.05) is 5.73 Å². The van der Waals surface area contributed by atoms with Gasteiger partial charge in [-0.2, -0.15) is 4.37 Å². The summed E-state index contributed by atoms with van der Waals surface area (Å²) >= 11 is 8.20. The van der Waals surface area contributed by atoms with Gasteiger partial charge in [0.15, 0.2) is 4.34 Å². The van der Waals surface area contributed by atoms with Crippen molar-refractivity contribution in [1.82, 2.24) is 9.36 Å². The van der Waals surface area contributed by atoms with Gasteiger partial charge in [-0.15, -0.1) is 0 Å². The molecule has 1 heterocycles. The maximum absolute atomic E-state index is 13.3. The molecule has 1 aromatic carbocycles. The fourth-order valence-electron chi connectivity index (χ4n) is 1.15. The summed E-state index contributed by atoms with van der Waals surface area (Å²) in [5.41, 5.74) is 6.20. The van der Waals surface area contributed by atoms with Crippen LogP contribution in [0.3, 0.4) is 0 Å². The Bertz CT molecular complexity index is 544. The molecule has 90 valence electrons. The predicted octanol–water partition coefficient (Wildman–Crippen LogP) is 3.63. The Kier molecular flexibility index (Phi) is 3.86. The number of nitrogens with zero attached hydrogens (tertiary/aromatic N) is 2. The Morgan fingerprint density at radius 3 is 2.94 bits per heavy atom. The number of hydrogen-bond donors (Lipinski definition) is 1. The minimum absolute atomic E-state index is 0.0263. The topological polar surface area (TPSA) is 51.8 Å². The first kappa shape index (κ1) is 12.6. The minimum Gasteiger partial charge on any atom is -0.398 e. The normalized spacial score (nSPS) is 10.8. The molecule has 17 heavy (non-hydrogen) atoms. The summed E-state index contributed by atoms with van der Waals surface area (Å²) in [7, 11) is 0. The van der Waals surface area contributed by atoms with Crippen LogP contribution in [0.4, 0.5) is 10.1 Å². The van der Waals surface area contributed by atoms with E-state index >= 15 is 0 Å². The molecule has 0 amide bonds. The summed E-state index contributed by atoms with van der Waals surface area (Å²) in [6.45, 7) is 1.98. The van der Waals surface area contributed by atoms with E-state index in [-0.39, 0.29) is 5.02 Å². The van der Waals surface area contributed by atoms with Gasteiger partial charge >= 0.3 is 0 Å². The van der Waals surface area contributed by atoms with Crippen molar-refractivity contribution in [3.8, 4) is 0 Å². The van der Waals surface area contributed by atoms with Crippen molar-refractivity contribution in [3.05, 3.63) is 28.8 Å². The van der Waals surface area contributed by atoms with Crippen molar-refractivity contribution < 1.29 is 4.39 Å². The molecule has 3 nitrogen and oxygen atoms in total. The lowest BCUT2D eigenvalue weighted by Crippen LogP contribution is -1.90. The van der Waals surface area contributed by atoms with Crippen LogP contribution >= 0.6 is 34.9 Å². The molecule has 0 aliphatic carbocycles. The third kappa shape index (κ3) is 2.88. The summed E-state index contributed by atoms with van der Waals surface area (Å²) in [5.74, 6) is 0.300. The van der Waals surface area contributed by atoms with Gasteiger partial charge in [0.2, 0.25) is 0 Å². The predicted molar refractivity (Wildman–Crippen MR) is 69.2 cm³/mol. The quantitative estimate of drug-likeness (QED) is 0.877. The summed E-state index contributed by atoms with van der Waals surface area (Å²) < 4.78 is 18.2. The molecule has 0 saturated heterocycles. The molecule has 0 atom stereocenters. The number of anilines is 1. The number of hydrogen-bond acceptors (Lipinski definition) is 5. The molecule has 0 radical (unpaired) electrons. The van der Waals surface area contributed by atoms with E-state index in [4.69, 9.17) is 17.3 Å². The van der Waals surface area contributed by atoms with Crippen LogP contribution in [0.2, 0.25) is 5.02 Å². The first-order chi connectivity index (χ1) is 8.10. The van der Waals surface area contributed by atoms with Crippen molar-refractivity contribution in [2.45, 2.75) is 22.6 Å². The van der Waals surface area contributed by atoms with Crippen LogP contribution in [0.25, 0.3) is 0 Å². The second-order valence-corrected chi connectivity index (χ2v) is 5.68. The summed E-state index contributed by atoms with van der Waals surface area (Å²) in [5, 5.41) is 0.0263. The monoisotopic (exact) mass is 289 g/mol. The molecular formula is C10H9ClFN3S2. The van der Waals surface area contributed by atoms with Crippen LogP contribution in [0, 0.1) is 5.82 Å². The fourth-order valence-corrected chi connectivity index (χ4v) is 3.03. The second-order valence-electron chi connectivity index (χ2n) is 3.24. The average Bonchev–Trinajstić information content (AvgIpc) is 2.73. The van der Waals surface area contributed by atoms with Crippen LogP contribution in [0.1, 0.15) is 12.7 Å². The zero-order chi connectivity index (χ0) is 12.4. The van der Waals surface area contributed by atoms with Crippen LogP contribution in [0.5, 0.6) is 0 Å². The van der Waals surface area contributed by atoms with Gasteiger partial charge in [-0.25, -0.2) is 9.37 Å². The molecule has 0 aliphatic rings. The van der Waals surface area contributed by atoms with E-state index in [0.29, 0.717) is 10.6 Å². The SMILES string of the molecule is CCc1nsc(Sc2cc(F)c(Cl)cc2N)n1. The minimum atomic E-state index is -0.483. The molecule has 0 bridgehead atoms. The van der Waals surface area contributed by atoms with E-state index < -0.39 is 5.82 Å². The van der Waals surface area contributed by atoms with E-state index in [9.17, 15) is 4.39 Å². The Balaban J connectivity index is 2.26. The molecule has 0 fully saturated rings. The Morgan fingerprint density at radius 2 is 2.29 bits per heavy atom. The van der Waals surface area contributed by atoms with Crippen LogP contribution < -0.4 is 5.73 Å². The van der Waals surface area contributed by atoms with Gasteiger partial charge in [0.1, 0.15) is 11.6 Å². The van der Waals surface area contributed by atoms with Crippen molar-refractivity contribution >= 4 is 40.6 Å². The lowest BCUT2D eigenvalue weighted by atomic mass is 10.3. The molecular weight excluding hydrogens is 281 g/mol. The van der Waals surface area contributed by atoms with Crippen molar-refractivity contribution in [1.29, 1.82) is 0 Å². The van der Waals surface area contributed by atoms with Crippen molar-refractivity contribution in [2.24, 2.45) is 0 Å². The summed E-state index contributed by atoms with van der Waals surface area (Å²) in [4.78, 5) is 4.88. The van der Waals surface area contributed by atoms with Gasteiger partial charge in [-0.3, -0.25) is 0 Å². The number of nitrogens with two attached hydrogens (primary N) is 1. The molecule has 0 spiro atoms. The molecule has 2 N–H and O–H groups in total. The highest BCUT2D eigenvalue weighted by Crippen LogP contribution is 2.35. The first-order valence-electron chi connectivity index (χ1n) is 4.85. The summed E-state index contributed by atoms with van der Waals surface area (Å²) in [6, 6.07) is 2.72. The van der Waals surface area contributed by atoms with Crippen molar-refractivity contribution in [3.63, 3.8) is 0 Å². The maximum Gasteiger partial charge on any atom is 0.174 e. The number of benzene rings is 1. The highest BCUT2D eigenvalue weighted by molar-refractivity contribution is 8.01. The number of aryl methyl sites for hydroxylation is 1. The Morgan fingerprint density at radius 1 is 1.53 bits per heavy atom. The molecule has 2 rings (SSSR count). The van der Waals surface area contributed by atoms with Gasteiger partial charge in [0.05, 0.1) is 5.02 Å². The Hall–Kier alpha value is -0.850. The highest BCUT2D eigenvalue weighted by atomic mass is 35.5. The summed E-state index contributed by atoms with van der Waals surface area (Å²) in [6.07, 6.45) is 0.779. The van der Waals surface area contributed by atoms with E-state index in [2.05, 4.69) is 9.36 Å². The van der Waals surface area contributed by atoms with Gasteiger partial charge < -0.3 is 5.73 Å². The third-order valence-corrected chi connectivity index (χ3v) is 4.17. The van der Waals surface area contributed by atoms with Crippen LogP contribution in [-0.2, 0) is 6.42 Å². The molecule has 0 unspecified atom stereocenters. The average molecular weight is 290 g/mol. The van der Waals surface area contributed by atoms with E-state index in [1.165, 1.54) is 35.4 Å². The van der Waals surface area contributed by atoms with Gasteiger partial charge in [0.25, 0.3) is 0 Å². The Labute approximate surface area is 111 Å². The molecule has 2 aromatic rings. The zero-order valence-corrected chi connectivity index (χ0v) is 11.3. The molecule has 0 saturated carbocycles. The highest BCUT2D eigenvalue weighted by Gasteiger charge is 2.10. The standard InChI is InChI=1S/C10H9ClFN3S2/c1-2-9-14-10(17-15-9)16-8-4-6(12)5(11)3-7(8)13/h3-4H,2,13H2,1H3. The van der Waals surface area contributed by atoms with E-state index in [1.807, 2.05) is 6.92 Å². The zero-order valence-electron chi connectivity index (χ0n) is 8.91. The van der Waals surface area contributed by atoms with Gasteiger partial charge in [-0.05, 0) is 23.7 Å². The number of aromatic nitrogens is 2. The third-order valence-electron chi connectivity index (χ3n) is 2.02. The molecule has 1 aromatic heterocycles. The smallest absolute Gasteiger partial charge is 0.174 e. The lowest BCUT2D eigenvalue weighted by molar-refractivity contribution is 0.625. The fraction of sp³-hybridized carbons (Fsp3) is 0.200. The largest absolute Gasteiger partial charge is 0.398 e. The molecule has 0 aliphatic heterocycles. The number of rotatable bonds is 3. The number of halogens is 2. The molecule has 7 heteroatoms. The van der Waals surface area contributed by atoms with Gasteiger partial charge in [-0.1, -0.05) is 30.3 Å². The maximum atomic E-state index is 13.3. The van der Waals surface area contributed by atoms with E-state index in [0.717, 1.165) is 16.6 Å². The first-order valence-corrected chi connectivity index (χ1v) is 6.82. The van der Waals surface area contributed by atoms with E-state index in [1.54, 1.807) is 0 Å².